The third kappa shape index (κ3) is 4.89. The second-order valence-electron chi connectivity index (χ2n) is 7.50. The van der Waals surface area contributed by atoms with E-state index in [0.29, 0.717) is 24.3 Å². The van der Waals surface area contributed by atoms with Gasteiger partial charge in [0.25, 0.3) is 5.91 Å². The number of anilines is 2. The van der Waals surface area contributed by atoms with Crippen LogP contribution >= 0.6 is 15.9 Å². The summed E-state index contributed by atoms with van der Waals surface area (Å²) in [4.78, 5) is 41.9. The van der Waals surface area contributed by atoms with Crippen LogP contribution in [0.2, 0.25) is 0 Å². The predicted molar refractivity (Wildman–Crippen MR) is 127 cm³/mol. The number of benzene rings is 3. The van der Waals surface area contributed by atoms with E-state index in [1.165, 1.54) is 9.80 Å². The number of para-hydroxylation sites is 1. The highest BCUT2D eigenvalue weighted by Gasteiger charge is 2.46. The van der Waals surface area contributed by atoms with Crippen molar-refractivity contribution in [2.45, 2.75) is 18.9 Å². The largest absolute Gasteiger partial charge is 0.332 e. The normalized spacial score (nSPS) is 15.8. The smallest absolute Gasteiger partial charge is 0.326 e. The van der Waals surface area contributed by atoms with Crippen LogP contribution in [0.5, 0.6) is 0 Å². The number of urea groups is 1. The molecule has 1 fully saturated rings. The summed E-state index contributed by atoms with van der Waals surface area (Å²) in [6, 6.07) is 24.5. The fourth-order valence-electron chi connectivity index (χ4n) is 3.72. The van der Waals surface area contributed by atoms with Crippen molar-refractivity contribution in [2.75, 3.05) is 16.8 Å². The van der Waals surface area contributed by atoms with Gasteiger partial charge in [0.1, 0.15) is 6.04 Å². The molecule has 4 amide bonds. The van der Waals surface area contributed by atoms with Crippen LogP contribution in [0.15, 0.2) is 89.4 Å². The summed E-state index contributed by atoms with van der Waals surface area (Å²) in [5.41, 5.74) is 2.19. The molecule has 1 aliphatic rings. The Hall–Kier alpha value is -3.45. The van der Waals surface area contributed by atoms with Crippen molar-refractivity contribution in [2.24, 2.45) is 0 Å². The van der Waals surface area contributed by atoms with E-state index in [0.717, 1.165) is 10.0 Å². The molecule has 0 bridgehead atoms. The summed E-state index contributed by atoms with van der Waals surface area (Å²) in [6.45, 7) is 0.341. The lowest BCUT2D eigenvalue weighted by molar-refractivity contribution is -0.124. The Morgan fingerprint density at radius 2 is 1.50 bits per heavy atom. The number of nitrogens with zero attached hydrogens (tertiary/aromatic N) is 2. The fraction of sp³-hybridized carbons (Fsp3) is 0.160. The van der Waals surface area contributed by atoms with Gasteiger partial charge in [-0.05, 0) is 48.4 Å². The third-order valence-corrected chi connectivity index (χ3v) is 5.85. The molecule has 1 atom stereocenters. The molecule has 0 aliphatic carbocycles. The molecule has 1 N–H and O–H groups in total. The second-order valence-corrected chi connectivity index (χ2v) is 8.41. The zero-order valence-corrected chi connectivity index (χ0v) is 18.9. The highest BCUT2D eigenvalue weighted by atomic mass is 79.9. The first-order valence-electron chi connectivity index (χ1n) is 10.3. The number of halogens is 1. The van der Waals surface area contributed by atoms with Gasteiger partial charge < -0.3 is 10.2 Å². The standard InChI is InChI=1S/C25H22BrN3O3/c26-19-11-13-20(14-12-19)27-23(30)17-22-24(31)29(21-9-5-2-6-10-21)25(32)28(22)16-15-18-7-3-1-4-8-18/h1-14,22H,15-17H2,(H,27,30)/t22-/m0/s1. The minimum absolute atomic E-state index is 0.112. The van der Waals surface area contributed by atoms with Crippen molar-refractivity contribution in [3.63, 3.8) is 0 Å². The topological polar surface area (TPSA) is 69.7 Å². The average Bonchev–Trinajstić information content (AvgIpc) is 3.04. The second kappa shape index (κ2) is 9.78. The van der Waals surface area contributed by atoms with E-state index in [9.17, 15) is 14.4 Å². The van der Waals surface area contributed by atoms with Crippen molar-refractivity contribution in [3.8, 4) is 0 Å². The Bertz CT molecular complexity index is 1100. The summed E-state index contributed by atoms with van der Waals surface area (Å²) in [5.74, 6) is -0.710. The van der Waals surface area contributed by atoms with Gasteiger partial charge in [-0.15, -0.1) is 0 Å². The molecule has 4 rings (SSSR count). The van der Waals surface area contributed by atoms with Gasteiger partial charge in [-0.3, -0.25) is 9.59 Å². The van der Waals surface area contributed by atoms with Crippen LogP contribution in [-0.4, -0.2) is 35.3 Å². The van der Waals surface area contributed by atoms with Gasteiger partial charge in [-0.2, -0.15) is 0 Å². The lowest BCUT2D eigenvalue weighted by Crippen LogP contribution is -2.39. The molecule has 1 saturated heterocycles. The molecule has 0 unspecified atom stereocenters. The first kappa shape index (κ1) is 21.8. The molecule has 1 heterocycles. The van der Waals surface area contributed by atoms with Gasteiger partial charge in [0.15, 0.2) is 0 Å². The van der Waals surface area contributed by atoms with Crippen LogP contribution in [-0.2, 0) is 16.0 Å². The maximum atomic E-state index is 13.2. The van der Waals surface area contributed by atoms with E-state index in [1.54, 1.807) is 36.4 Å². The van der Waals surface area contributed by atoms with E-state index in [1.807, 2.05) is 48.5 Å². The number of carbonyl (C=O) groups is 3. The first-order valence-corrected chi connectivity index (χ1v) is 11.1. The zero-order valence-electron chi connectivity index (χ0n) is 17.3. The Morgan fingerprint density at radius 3 is 2.16 bits per heavy atom. The molecule has 3 aromatic carbocycles. The fourth-order valence-corrected chi connectivity index (χ4v) is 3.98. The Labute approximate surface area is 195 Å². The predicted octanol–water partition coefficient (Wildman–Crippen LogP) is 4.86. The van der Waals surface area contributed by atoms with E-state index in [2.05, 4.69) is 21.2 Å². The Kier molecular flexibility index (Phi) is 6.66. The van der Waals surface area contributed by atoms with Crippen molar-refractivity contribution < 1.29 is 14.4 Å². The van der Waals surface area contributed by atoms with Crippen LogP contribution in [0.1, 0.15) is 12.0 Å². The van der Waals surface area contributed by atoms with Crippen LogP contribution < -0.4 is 10.2 Å². The van der Waals surface area contributed by atoms with Crippen molar-refractivity contribution >= 4 is 45.2 Å². The minimum atomic E-state index is -0.859. The maximum Gasteiger partial charge on any atom is 0.332 e. The lowest BCUT2D eigenvalue weighted by Gasteiger charge is -2.21. The van der Waals surface area contributed by atoms with E-state index in [-0.39, 0.29) is 18.2 Å². The number of rotatable bonds is 7. The third-order valence-electron chi connectivity index (χ3n) is 5.32. The monoisotopic (exact) mass is 491 g/mol. The molecule has 0 saturated carbocycles. The van der Waals surface area contributed by atoms with Crippen molar-refractivity contribution in [1.29, 1.82) is 0 Å². The summed E-state index contributed by atoms with van der Waals surface area (Å²) in [6.07, 6.45) is 0.478. The lowest BCUT2D eigenvalue weighted by atomic mass is 10.1. The van der Waals surface area contributed by atoms with Gasteiger partial charge >= 0.3 is 6.03 Å². The summed E-state index contributed by atoms with van der Waals surface area (Å²) < 4.78 is 0.901. The zero-order chi connectivity index (χ0) is 22.5. The number of hydrogen-bond donors (Lipinski definition) is 1. The minimum Gasteiger partial charge on any atom is -0.326 e. The van der Waals surface area contributed by atoms with Gasteiger partial charge in [0.2, 0.25) is 5.91 Å². The van der Waals surface area contributed by atoms with Gasteiger partial charge in [-0.1, -0.05) is 64.5 Å². The molecular formula is C25H22BrN3O3. The van der Waals surface area contributed by atoms with E-state index >= 15 is 0 Å². The molecule has 0 aromatic heterocycles. The van der Waals surface area contributed by atoms with Crippen LogP contribution in [0.25, 0.3) is 0 Å². The van der Waals surface area contributed by atoms with Gasteiger partial charge in [0, 0.05) is 16.7 Å². The van der Waals surface area contributed by atoms with E-state index < -0.39 is 12.1 Å². The summed E-state index contributed by atoms with van der Waals surface area (Å²) in [5, 5.41) is 2.81. The van der Waals surface area contributed by atoms with Crippen molar-refractivity contribution in [3.05, 3.63) is 95.0 Å². The molecule has 1 aliphatic heterocycles. The van der Waals surface area contributed by atoms with Crippen LogP contribution in [0.3, 0.4) is 0 Å². The Morgan fingerprint density at radius 1 is 0.875 bits per heavy atom. The SMILES string of the molecule is O=C(C[C@H]1C(=O)N(c2ccccc2)C(=O)N1CCc1ccccc1)Nc1ccc(Br)cc1. The first-order chi connectivity index (χ1) is 15.5. The number of carbonyl (C=O) groups excluding carboxylic acids is 3. The highest BCUT2D eigenvalue weighted by Crippen LogP contribution is 2.27. The van der Waals surface area contributed by atoms with Crippen LogP contribution in [0.4, 0.5) is 16.2 Å². The average molecular weight is 492 g/mol. The molecule has 0 spiro atoms. The van der Waals surface area contributed by atoms with Crippen molar-refractivity contribution in [1.82, 2.24) is 4.90 Å². The molecule has 7 heteroatoms. The Balaban J connectivity index is 1.54. The number of hydrogen-bond acceptors (Lipinski definition) is 3. The number of amides is 4. The highest BCUT2D eigenvalue weighted by molar-refractivity contribution is 9.10. The maximum absolute atomic E-state index is 13.2. The number of nitrogens with one attached hydrogen (secondary N) is 1. The molecule has 3 aromatic rings. The van der Waals surface area contributed by atoms with Gasteiger partial charge in [0.05, 0.1) is 12.1 Å². The molecule has 0 radical (unpaired) electrons. The number of imide groups is 1. The molecule has 32 heavy (non-hydrogen) atoms. The van der Waals surface area contributed by atoms with Gasteiger partial charge in [-0.25, -0.2) is 9.69 Å². The quantitative estimate of drug-likeness (QED) is 0.479. The van der Waals surface area contributed by atoms with E-state index in [4.69, 9.17) is 0 Å². The summed E-state index contributed by atoms with van der Waals surface area (Å²) in [7, 11) is 0. The summed E-state index contributed by atoms with van der Waals surface area (Å²) >= 11 is 3.36. The molecule has 6 nitrogen and oxygen atoms in total. The molecule has 162 valence electrons. The van der Waals surface area contributed by atoms with Crippen LogP contribution in [0, 0.1) is 0 Å². The molecular weight excluding hydrogens is 470 g/mol.